The van der Waals surface area contributed by atoms with E-state index in [9.17, 15) is 18.0 Å². The first-order chi connectivity index (χ1) is 16.3. The van der Waals surface area contributed by atoms with Crippen LogP contribution in [0, 0.1) is 5.92 Å². The summed E-state index contributed by atoms with van der Waals surface area (Å²) in [5, 5.41) is 10.4. The van der Waals surface area contributed by atoms with Gasteiger partial charge in [-0.05, 0) is 86.8 Å². The topological polar surface area (TPSA) is 68.2 Å². The van der Waals surface area contributed by atoms with Gasteiger partial charge >= 0.3 is 6.18 Å². The average molecular weight is 473 g/mol. The maximum atomic E-state index is 12.8. The molecule has 1 aromatic heterocycles. The summed E-state index contributed by atoms with van der Waals surface area (Å²) in [5.41, 5.74) is 1.43. The SMILES string of the molecule is Cn1nccc1-c1cc(NC(=O)c2ccc(C(F)(F)F)cc2)ccc1OCCCC1CCNC1. The highest BCUT2D eigenvalue weighted by molar-refractivity contribution is 6.04. The minimum atomic E-state index is -4.45. The number of nitrogens with one attached hydrogen (secondary N) is 2. The van der Waals surface area contributed by atoms with Gasteiger partial charge in [0.15, 0.2) is 0 Å². The van der Waals surface area contributed by atoms with Crippen molar-refractivity contribution in [1.82, 2.24) is 15.1 Å². The van der Waals surface area contributed by atoms with Crippen molar-refractivity contribution >= 4 is 11.6 Å². The Labute approximate surface area is 196 Å². The number of carbonyl (C=O) groups excluding carboxylic acids is 1. The zero-order valence-electron chi connectivity index (χ0n) is 18.9. The first kappa shape index (κ1) is 23.8. The maximum absolute atomic E-state index is 12.8. The number of aromatic nitrogens is 2. The summed E-state index contributed by atoms with van der Waals surface area (Å²) in [5.74, 6) is 0.882. The van der Waals surface area contributed by atoms with E-state index in [1.807, 2.05) is 13.1 Å². The Morgan fingerprint density at radius 3 is 2.65 bits per heavy atom. The first-order valence-electron chi connectivity index (χ1n) is 11.3. The van der Waals surface area contributed by atoms with E-state index in [1.165, 1.54) is 6.42 Å². The molecule has 0 bridgehead atoms. The summed E-state index contributed by atoms with van der Waals surface area (Å²) in [6.45, 7) is 2.72. The van der Waals surface area contributed by atoms with Gasteiger partial charge in [-0.15, -0.1) is 0 Å². The lowest BCUT2D eigenvalue weighted by Crippen LogP contribution is -2.13. The molecule has 1 aliphatic heterocycles. The summed E-state index contributed by atoms with van der Waals surface area (Å²) in [7, 11) is 1.82. The van der Waals surface area contributed by atoms with E-state index >= 15 is 0 Å². The molecule has 1 saturated heterocycles. The molecule has 1 unspecified atom stereocenters. The molecule has 3 aromatic rings. The Balaban J connectivity index is 1.47. The van der Waals surface area contributed by atoms with Crippen LogP contribution in [-0.4, -0.2) is 35.4 Å². The number of benzene rings is 2. The Morgan fingerprint density at radius 1 is 1.21 bits per heavy atom. The van der Waals surface area contributed by atoms with E-state index in [1.54, 1.807) is 29.1 Å². The zero-order valence-corrected chi connectivity index (χ0v) is 18.9. The molecule has 9 heteroatoms. The minimum absolute atomic E-state index is 0.136. The fourth-order valence-electron chi connectivity index (χ4n) is 4.10. The number of carbonyl (C=O) groups is 1. The number of halogens is 3. The third-order valence-corrected chi connectivity index (χ3v) is 5.99. The van der Waals surface area contributed by atoms with Gasteiger partial charge in [0, 0.05) is 30.1 Å². The lowest BCUT2D eigenvalue weighted by Gasteiger charge is -2.15. The Hall–Kier alpha value is -3.33. The van der Waals surface area contributed by atoms with Crippen molar-refractivity contribution in [3.05, 3.63) is 65.9 Å². The van der Waals surface area contributed by atoms with Crippen molar-refractivity contribution in [3.8, 4) is 17.0 Å². The summed E-state index contributed by atoms with van der Waals surface area (Å²) in [4.78, 5) is 12.6. The number of hydrogen-bond donors (Lipinski definition) is 2. The molecule has 2 heterocycles. The molecule has 180 valence electrons. The molecule has 1 atom stereocenters. The predicted octanol–water partition coefficient (Wildman–Crippen LogP) is 5.13. The number of aryl methyl sites for hydroxylation is 1. The van der Waals surface area contributed by atoms with E-state index in [0.717, 1.165) is 61.5 Å². The Kier molecular flexibility index (Phi) is 7.21. The Morgan fingerprint density at radius 2 is 2.00 bits per heavy atom. The maximum Gasteiger partial charge on any atom is 0.416 e. The van der Waals surface area contributed by atoms with Gasteiger partial charge in [-0.1, -0.05) is 0 Å². The molecule has 2 aromatic carbocycles. The molecule has 1 aliphatic rings. The minimum Gasteiger partial charge on any atom is -0.493 e. The molecule has 34 heavy (non-hydrogen) atoms. The van der Waals surface area contributed by atoms with Crippen LogP contribution in [0.2, 0.25) is 0 Å². The van der Waals surface area contributed by atoms with Gasteiger partial charge in [0.1, 0.15) is 5.75 Å². The molecule has 0 radical (unpaired) electrons. The van der Waals surface area contributed by atoms with Gasteiger partial charge < -0.3 is 15.4 Å². The standard InChI is InChI=1S/C25H27F3N4O2/c1-32-22(11-13-30-32)21-15-20(8-9-23(21)34-14-2-3-17-10-12-29-16-17)31-24(33)18-4-6-19(7-5-18)25(26,27)28/h4-9,11,13,15,17,29H,2-3,10,12,14,16H2,1H3,(H,31,33). The van der Waals surface area contributed by atoms with Crippen LogP contribution < -0.4 is 15.4 Å². The molecule has 0 spiro atoms. The summed E-state index contributed by atoms with van der Waals surface area (Å²) in [6.07, 6.45) is 0.489. The second-order valence-corrected chi connectivity index (χ2v) is 8.43. The third-order valence-electron chi connectivity index (χ3n) is 5.99. The van der Waals surface area contributed by atoms with Crippen molar-refractivity contribution in [3.63, 3.8) is 0 Å². The van der Waals surface area contributed by atoms with Crippen molar-refractivity contribution in [2.75, 3.05) is 25.0 Å². The number of nitrogens with zero attached hydrogens (tertiary/aromatic N) is 2. The van der Waals surface area contributed by atoms with Gasteiger partial charge in [0.2, 0.25) is 0 Å². The average Bonchev–Trinajstić information content (AvgIpc) is 3.48. The lowest BCUT2D eigenvalue weighted by molar-refractivity contribution is -0.137. The number of anilines is 1. The van der Waals surface area contributed by atoms with Crippen LogP contribution in [0.25, 0.3) is 11.3 Å². The predicted molar refractivity (Wildman–Crippen MR) is 124 cm³/mol. The fraction of sp³-hybridized carbons (Fsp3) is 0.360. The van der Waals surface area contributed by atoms with E-state index in [2.05, 4.69) is 15.7 Å². The quantitative estimate of drug-likeness (QED) is 0.446. The largest absolute Gasteiger partial charge is 0.493 e. The highest BCUT2D eigenvalue weighted by atomic mass is 19.4. The van der Waals surface area contributed by atoms with Crippen molar-refractivity contribution in [1.29, 1.82) is 0 Å². The summed E-state index contributed by atoms with van der Waals surface area (Å²) < 4.78 is 46.2. The normalized spacial score (nSPS) is 15.9. The molecule has 4 rings (SSSR count). The number of hydrogen-bond acceptors (Lipinski definition) is 4. The fourth-order valence-corrected chi connectivity index (χ4v) is 4.10. The van der Waals surface area contributed by atoms with E-state index < -0.39 is 17.6 Å². The summed E-state index contributed by atoms with van der Waals surface area (Å²) >= 11 is 0. The van der Waals surface area contributed by atoms with Crippen LogP contribution >= 0.6 is 0 Å². The van der Waals surface area contributed by atoms with Crippen LogP contribution in [0.3, 0.4) is 0 Å². The van der Waals surface area contributed by atoms with Crippen molar-refractivity contribution < 1.29 is 22.7 Å². The van der Waals surface area contributed by atoms with Gasteiger partial charge in [-0.3, -0.25) is 9.48 Å². The van der Waals surface area contributed by atoms with Crippen LogP contribution in [0.15, 0.2) is 54.7 Å². The van der Waals surface area contributed by atoms with Gasteiger partial charge in [0.05, 0.1) is 17.9 Å². The summed E-state index contributed by atoms with van der Waals surface area (Å²) in [6, 6.07) is 11.3. The van der Waals surface area contributed by atoms with Gasteiger partial charge in [0.25, 0.3) is 5.91 Å². The van der Waals surface area contributed by atoms with E-state index in [0.29, 0.717) is 24.0 Å². The van der Waals surface area contributed by atoms with Crippen LogP contribution in [0.1, 0.15) is 35.2 Å². The monoisotopic (exact) mass is 472 g/mol. The number of alkyl halides is 3. The third kappa shape index (κ3) is 5.77. The molecule has 0 aliphatic carbocycles. The zero-order chi connectivity index (χ0) is 24.1. The number of ether oxygens (including phenoxy) is 1. The Bertz CT molecular complexity index is 1120. The molecule has 6 nitrogen and oxygen atoms in total. The van der Waals surface area contributed by atoms with E-state index in [4.69, 9.17) is 4.74 Å². The second-order valence-electron chi connectivity index (χ2n) is 8.43. The van der Waals surface area contributed by atoms with Crippen molar-refractivity contribution in [2.24, 2.45) is 13.0 Å². The molecule has 0 saturated carbocycles. The van der Waals surface area contributed by atoms with Gasteiger partial charge in [-0.25, -0.2) is 0 Å². The molecule has 1 fully saturated rings. The number of amides is 1. The highest BCUT2D eigenvalue weighted by Gasteiger charge is 2.30. The lowest BCUT2D eigenvalue weighted by atomic mass is 10.0. The first-order valence-corrected chi connectivity index (χ1v) is 11.3. The van der Waals surface area contributed by atoms with Crippen molar-refractivity contribution in [2.45, 2.75) is 25.4 Å². The van der Waals surface area contributed by atoms with Crippen LogP contribution in [0.5, 0.6) is 5.75 Å². The highest BCUT2D eigenvalue weighted by Crippen LogP contribution is 2.33. The van der Waals surface area contributed by atoms with Crippen LogP contribution in [-0.2, 0) is 13.2 Å². The van der Waals surface area contributed by atoms with E-state index in [-0.39, 0.29) is 5.56 Å². The number of rotatable bonds is 8. The molecular weight excluding hydrogens is 445 g/mol. The molecule has 2 N–H and O–H groups in total. The van der Waals surface area contributed by atoms with Crippen LogP contribution in [0.4, 0.5) is 18.9 Å². The van der Waals surface area contributed by atoms with Gasteiger partial charge in [-0.2, -0.15) is 18.3 Å². The molecular formula is C25H27F3N4O2. The second kappa shape index (κ2) is 10.3. The smallest absolute Gasteiger partial charge is 0.416 e. The molecule has 1 amide bonds.